The predicted molar refractivity (Wildman–Crippen MR) is 52.3 cm³/mol. The average Bonchev–Trinajstić information content (AvgIpc) is 2.16. The van der Waals surface area contributed by atoms with E-state index in [0.717, 1.165) is 31.2 Å². The molecule has 0 aromatic heterocycles. The van der Waals surface area contributed by atoms with Crippen molar-refractivity contribution >= 4 is 5.97 Å². The zero-order valence-corrected chi connectivity index (χ0v) is 8.88. The molecule has 0 saturated heterocycles. The second-order valence-electron chi connectivity index (χ2n) is 3.87. The molecule has 1 N–H and O–H groups in total. The van der Waals surface area contributed by atoms with Crippen LogP contribution >= 0.6 is 0 Å². The van der Waals surface area contributed by atoms with Crippen LogP contribution in [-0.2, 0) is 17.4 Å². The summed E-state index contributed by atoms with van der Waals surface area (Å²) in [7, 11) is 0. The van der Waals surface area contributed by atoms with Crippen molar-refractivity contribution in [2.75, 3.05) is 0 Å². The van der Waals surface area contributed by atoms with E-state index in [2.05, 4.69) is 0 Å². The summed E-state index contributed by atoms with van der Waals surface area (Å²) in [4.78, 5) is 10.5. The maximum Gasteiger partial charge on any atom is 0.416 e. The van der Waals surface area contributed by atoms with E-state index in [1.54, 1.807) is 0 Å². The Hall–Kier alpha value is -1.59. The minimum absolute atomic E-state index is 0.199. The van der Waals surface area contributed by atoms with Gasteiger partial charge >= 0.3 is 12.1 Å². The van der Waals surface area contributed by atoms with Crippen molar-refractivity contribution in [2.24, 2.45) is 0 Å². The molecule has 0 fully saturated rings. The maximum absolute atomic E-state index is 13.4. The number of carboxylic acids is 1. The first-order valence-electron chi connectivity index (χ1n) is 4.71. The van der Waals surface area contributed by atoms with Gasteiger partial charge in [-0.25, -0.2) is 9.18 Å². The van der Waals surface area contributed by atoms with Crippen LogP contribution in [0.1, 0.15) is 18.1 Å². The van der Waals surface area contributed by atoms with Gasteiger partial charge in [0.15, 0.2) is 0 Å². The maximum atomic E-state index is 13.4. The molecular weight excluding hydrogens is 240 g/mol. The van der Waals surface area contributed by atoms with Crippen molar-refractivity contribution < 1.29 is 27.5 Å². The predicted octanol–water partition coefficient (Wildman–Crippen LogP) is 3.06. The highest BCUT2D eigenvalue weighted by Crippen LogP contribution is 2.29. The molecule has 0 aliphatic heterocycles. The van der Waals surface area contributed by atoms with Crippen LogP contribution in [0.2, 0.25) is 0 Å². The van der Waals surface area contributed by atoms with Gasteiger partial charge in [-0.2, -0.15) is 13.2 Å². The number of halogens is 4. The van der Waals surface area contributed by atoms with Crippen LogP contribution in [0.3, 0.4) is 0 Å². The minimum Gasteiger partial charge on any atom is -0.479 e. The molecule has 6 heteroatoms. The second kappa shape index (κ2) is 4.35. The van der Waals surface area contributed by atoms with Crippen molar-refractivity contribution in [2.45, 2.75) is 25.2 Å². The number of carboxylic acid groups (broad SMARTS) is 1. The molecule has 0 aliphatic rings. The van der Waals surface area contributed by atoms with Gasteiger partial charge in [-0.3, -0.25) is 0 Å². The first-order valence-corrected chi connectivity index (χ1v) is 4.71. The van der Waals surface area contributed by atoms with Gasteiger partial charge in [-0.15, -0.1) is 0 Å². The van der Waals surface area contributed by atoms with Gasteiger partial charge in [0.25, 0.3) is 0 Å². The molecule has 1 atom stereocenters. The van der Waals surface area contributed by atoms with Crippen molar-refractivity contribution in [1.29, 1.82) is 0 Å². The lowest BCUT2D eigenvalue weighted by Crippen LogP contribution is -2.32. The summed E-state index contributed by atoms with van der Waals surface area (Å²) in [5, 5.41) is 8.53. The van der Waals surface area contributed by atoms with E-state index in [1.165, 1.54) is 0 Å². The largest absolute Gasteiger partial charge is 0.479 e. The lowest BCUT2D eigenvalue weighted by Gasteiger charge is -2.15. The molecule has 0 radical (unpaired) electrons. The van der Waals surface area contributed by atoms with E-state index in [-0.39, 0.29) is 5.56 Å². The summed E-state index contributed by atoms with van der Waals surface area (Å²) >= 11 is 0. The van der Waals surface area contributed by atoms with Crippen LogP contribution in [0.4, 0.5) is 17.6 Å². The molecular formula is C11H10F4O2. The topological polar surface area (TPSA) is 37.3 Å². The molecule has 2 nitrogen and oxygen atoms in total. The molecule has 1 unspecified atom stereocenters. The first kappa shape index (κ1) is 13.5. The fourth-order valence-electron chi connectivity index (χ4n) is 1.27. The summed E-state index contributed by atoms with van der Waals surface area (Å²) < 4.78 is 50.1. The van der Waals surface area contributed by atoms with Crippen molar-refractivity contribution in [3.63, 3.8) is 0 Å². The Morgan fingerprint density at radius 2 is 1.65 bits per heavy atom. The van der Waals surface area contributed by atoms with Crippen molar-refractivity contribution in [1.82, 2.24) is 0 Å². The van der Waals surface area contributed by atoms with E-state index in [1.807, 2.05) is 0 Å². The smallest absolute Gasteiger partial charge is 0.416 e. The van der Waals surface area contributed by atoms with E-state index in [0.29, 0.717) is 0 Å². The van der Waals surface area contributed by atoms with Gasteiger partial charge in [0.1, 0.15) is 0 Å². The van der Waals surface area contributed by atoms with E-state index in [9.17, 15) is 22.4 Å². The molecule has 0 amide bonds. The van der Waals surface area contributed by atoms with Crippen molar-refractivity contribution in [3.8, 4) is 0 Å². The van der Waals surface area contributed by atoms with E-state index >= 15 is 0 Å². The number of alkyl halides is 4. The third-order valence-corrected chi connectivity index (χ3v) is 2.26. The Morgan fingerprint density at radius 1 is 1.18 bits per heavy atom. The van der Waals surface area contributed by atoms with Crippen LogP contribution in [-0.4, -0.2) is 16.7 Å². The molecule has 0 heterocycles. The number of hydrogen-bond donors (Lipinski definition) is 1. The average molecular weight is 250 g/mol. The second-order valence-corrected chi connectivity index (χ2v) is 3.87. The molecule has 0 spiro atoms. The highest BCUT2D eigenvalue weighted by Gasteiger charge is 2.34. The van der Waals surface area contributed by atoms with Crippen LogP contribution in [0.5, 0.6) is 0 Å². The van der Waals surface area contributed by atoms with Crippen LogP contribution < -0.4 is 0 Å². The molecule has 0 aliphatic carbocycles. The Balaban J connectivity index is 2.86. The van der Waals surface area contributed by atoms with Gasteiger partial charge in [0.05, 0.1) is 5.56 Å². The molecule has 1 aromatic rings. The summed E-state index contributed by atoms with van der Waals surface area (Å²) in [6, 6.07) is 3.74. The Labute approximate surface area is 94.9 Å². The zero-order valence-electron chi connectivity index (χ0n) is 8.88. The fourth-order valence-corrected chi connectivity index (χ4v) is 1.27. The number of carbonyl (C=O) groups is 1. The van der Waals surface area contributed by atoms with Gasteiger partial charge in [0, 0.05) is 6.42 Å². The van der Waals surface area contributed by atoms with Gasteiger partial charge < -0.3 is 5.11 Å². The number of rotatable bonds is 3. The van der Waals surface area contributed by atoms with E-state index in [4.69, 9.17) is 5.11 Å². The molecule has 0 bridgehead atoms. The Bertz CT molecular complexity index is 406. The fraction of sp³-hybridized carbons (Fsp3) is 0.364. The Morgan fingerprint density at radius 3 is 2.00 bits per heavy atom. The molecule has 17 heavy (non-hydrogen) atoms. The van der Waals surface area contributed by atoms with Gasteiger partial charge in [-0.1, -0.05) is 12.1 Å². The highest BCUT2D eigenvalue weighted by atomic mass is 19.4. The number of hydrogen-bond acceptors (Lipinski definition) is 1. The lowest BCUT2D eigenvalue weighted by molar-refractivity contribution is -0.149. The molecule has 1 rings (SSSR count). The lowest BCUT2D eigenvalue weighted by atomic mass is 9.97. The normalized spacial score (nSPS) is 15.4. The minimum atomic E-state index is -4.45. The van der Waals surface area contributed by atoms with Crippen molar-refractivity contribution in [3.05, 3.63) is 35.4 Å². The quantitative estimate of drug-likeness (QED) is 0.837. The third kappa shape index (κ3) is 3.44. The molecule has 0 saturated carbocycles. The molecule has 1 aromatic carbocycles. The van der Waals surface area contributed by atoms with Crippen LogP contribution in [0.15, 0.2) is 24.3 Å². The van der Waals surface area contributed by atoms with Crippen LogP contribution in [0.25, 0.3) is 0 Å². The van der Waals surface area contributed by atoms with Crippen LogP contribution in [0, 0.1) is 0 Å². The number of benzene rings is 1. The summed E-state index contributed by atoms with van der Waals surface area (Å²) in [5.41, 5.74) is -3.14. The highest BCUT2D eigenvalue weighted by molar-refractivity contribution is 5.77. The monoisotopic (exact) mass is 250 g/mol. The molecule has 94 valence electrons. The van der Waals surface area contributed by atoms with Gasteiger partial charge in [-0.05, 0) is 24.6 Å². The third-order valence-electron chi connectivity index (χ3n) is 2.26. The summed E-state index contributed by atoms with van der Waals surface area (Å²) in [5.74, 6) is -1.64. The van der Waals surface area contributed by atoms with Gasteiger partial charge in [0.2, 0.25) is 5.67 Å². The SMILES string of the molecule is CC(F)(Cc1ccc(C(F)(F)F)cc1)C(=O)O. The standard InChI is InChI=1S/C11H10F4O2/c1-10(12,9(16)17)6-7-2-4-8(5-3-7)11(13,14)15/h2-5H,6H2,1H3,(H,16,17). The summed E-state index contributed by atoms with van der Waals surface area (Å²) in [6.45, 7) is 0.868. The summed E-state index contributed by atoms with van der Waals surface area (Å²) in [6.07, 6.45) is -4.93. The van der Waals surface area contributed by atoms with E-state index < -0.39 is 29.8 Å². The zero-order chi connectivity index (χ0) is 13.3. The first-order chi connectivity index (χ1) is 7.63. The number of aliphatic carboxylic acids is 1. The Kier molecular flexibility index (Phi) is 3.45.